The molecule has 0 radical (unpaired) electrons. The zero-order valence-corrected chi connectivity index (χ0v) is 41.4. The largest absolute Gasteiger partial charge is 0.310 e. The number of fused-ring (bicyclic) bond motifs is 3. The second-order valence-electron chi connectivity index (χ2n) is 19.2. The molecule has 0 saturated carbocycles. The zero-order chi connectivity index (χ0) is 50.0. The molecule has 0 heterocycles. The van der Waals surface area contributed by atoms with Crippen molar-refractivity contribution in [3.05, 3.63) is 338 Å². The van der Waals surface area contributed by atoms with Gasteiger partial charge in [0.05, 0.1) is 5.41 Å². The van der Waals surface area contributed by atoms with E-state index in [0.717, 1.165) is 67.5 Å². The lowest BCUT2D eigenvalue weighted by atomic mass is 9.67. The van der Waals surface area contributed by atoms with Crippen molar-refractivity contribution in [2.45, 2.75) is 5.41 Å². The fraction of sp³-hybridized carbons (Fsp3) is 0.0137. The predicted molar refractivity (Wildman–Crippen MR) is 315 cm³/mol. The van der Waals surface area contributed by atoms with Crippen LogP contribution in [0.5, 0.6) is 0 Å². The van der Waals surface area contributed by atoms with Crippen molar-refractivity contribution in [3.63, 3.8) is 0 Å². The Morgan fingerprint density at radius 2 is 0.573 bits per heavy atom. The number of hydrogen-bond donors (Lipinski definition) is 0. The van der Waals surface area contributed by atoms with Crippen molar-refractivity contribution in [2.75, 3.05) is 9.80 Å². The Balaban J connectivity index is 1.10. The van der Waals surface area contributed by atoms with Crippen molar-refractivity contribution in [3.8, 4) is 55.6 Å². The molecule has 75 heavy (non-hydrogen) atoms. The van der Waals surface area contributed by atoms with Crippen LogP contribution in [-0.2, 0) is 5.41 Å². The molecule has 13 rings (SSSR count). The maximum atomic E-state index is 2.47. The molecule has 0 spiro atoms. The highest BCUT2D eigenvalue weighted by Crippen LogP contribution is 2.58. The van der Waals surface area contributed by atoms with Crippen LogP contribution in [0.1, 0.15) is 22.3 Å². The first kappa shape index (κ1) is 45.1. The molecule has 0 amide bonds. The smallest absolute Gasteiger partial charge is 0.0714 e. The topological polar surface area (TPSA) is 6.48 Å². The summed E-state index contributed by atoms with van der Waals surface area (Å²) < 4.78 is 0. The van der Waals surface area contributed by atoms with Gasteiger partial charge in [0.2, 0.25) is 0 Å². The van der Waals surface area contributed by atoms with Gasteiger partial charge in [-0.25, -0.2) is 0 Å². The van der Waals surface area contributed by atoms with Gasteiger partial charge in [0.15, 0.2) is 0 Å². The summed E-state index contributed by atoms with van der Waals surface area (Å²) in [5.41, 5.74) is 22.5. The van der Waals surface area contributed by atoms with Crippen molar-refractivity contribution in [1.82, 2.24) is 0 Å². The van der Waals surface area contributed by atoms with Crippen LogP contribution in [0.4, 0.5) is 34.1 Å². The van der Waals surface area contributed by atoms with Gasteiger partial charge in [0, 0.05) is 34.1 Å². The number of benzene rings is 12. The lowest BCUT2D eigenvalue weighted by Crippen LogP contribution is -2.28. The van der Waals surface area contributed by atoms with E-state index in [1.54, 1.807) is 0 Å². The molecule has 0 N–H and O–H groups in total. The standard InChI is InChI=1S/C73H52N2/c1-8-25-53(26-9-1)54-43-45-62(46-44-54)74(60-35-18-6-19-36-60)64-49-57(72-66(55-27-10-2-11-28-55)40-24-41-67(72)56-29-12-3-13-30-56)50-65(51-64)75(61-37-20-7-21-38-61)63-47-48-69-68-39-22-23-42-70(68)73(71(69)52-63,58-31-14-4-15-32-58)59-33-16-5-17-34-59/h1-52H. The van der Waals surface area contributed by atoms with E-state index in [1.807, 2.05) is 0 Å². The van der Waals surface area contributed by atoms with E-state index in [1.165, 1.54) is 44.5 Å². The fourth-order valence-electron chi connectivity index (χ4n) is 11.6. The fourth-order valence-corrected chi connectivity index (χ4v) is 11.6. The number of rotatable bonds is 12. The summed E-state index contributed by atoms with van der Waals surface area (Å²) in [5, 5.41) is 0. The molecular formula is C73H52N2. The van der Waals surface area contributed by atoms with Gasteiger partial charge in [-0.15, -0.1) is 0 Å². The summed E-state index contributed by atoms with van der Waals surface area (Å²) >= 11 is 0. The van der Waals surface area contributed by atoms with E-state index < -0.39 is 5.41 Å². The van der Waals surface area contributed by atoms with Crippen LogP contribution in [0.3, 0.4) is 0 Å². The lowest BCUT2D eigenvalue weighted by molar-refractivity contribution is 0.768. The molecule has 12 aromatic carbocycles. The second kappa shape index (κ2) is 19.7. The highest BCUT2D eigenvalue weighted by atomic mass is 15.2. The van der Waals surface area contributed by atoms with E-state index >= 15 is 0 Å². The van der Waals surface area contributed by atoms with Crippen molar-refractivity contribution < 1.29 is 0 Å². The molecule has 2 nitrogen and oxygen atoms in total. The number of nitrogens with zero attached hydrogens (tertiary/aromatic N) is 2. The van der Waals surface area contributed by atoms with Gasteiger partial charge in [-0.1, -0.05) is 249 Å². The SMILES string of the molecule is c1ccc(-c2ccc(N(c3ccccc3)c3cc(-c4c(-c5ccccc5)cccc4-c4ccccc4)cc(N(c4ccccc4)c4ccc5c(c4)C(c4ccccc4)(c4ccccc4)c4ccccc4-5)c3)cc2)cc1. The first-order valence-electron chi connectivity index (χ1n) is 25.8. The van der Waals surface area contributed by atoms with E-state index in [2.05, 4.69) is 325 Å². The Labute approximate surface area is 440 Å². The third kappa shape index (κ3) is 8.20. The quantitative estimate of drug-likeness (QED) is 0.120. The normalized spacial score (nSPS) is 12.1. The van der Waals surface area contributed by atoms with E-state index in [4.69, 9.17) is 0 Å². The minimum Gasteiger partial charge on any atom is -0.310 e. The number of hydrogen-bond acceptors (Lipinski definition) is 2. The van der Waals surface area contributed by atoms with Gasteiger partial charge in [-0.3, -0.25) is 0 Å². The Kier molecular flexibility index (Phi) is 11.8. The first-order chi connectivity index (χ1) is 37.2. The van der Waals surface area contributed by atoms with Gasteiger partial charge >= 0.3 is 0 Å². The lowest BCUT2D eigenvalue weighted by Gasteiger charge is -2.35. The molecule has 0 aromatic heterocycles. The highest BCUT2D eigenvalue weighted by Gasteiger charge is 2.46. The molecule has 0 fully saturated rings. The molecule has 1 aliphatic carbocycles. The molecular weight excluding hydrogens is 905 g/mol. The Morgan fingerprint density at radius 1 is 0.200 bits per heavy atom. The Hall–Kier alpha value is -9.76. The molecule has 0 unspecified atom stereocenters. The van der Waals surface area contributed by atoms with Crippen molar-refractivity contribution in [1.29, 1.82) is 0 Å². The molecule has 0 saturated heterocycles. The van der Waals surface area contributed by atoms with Crippen molar-refractivity contribution in [2.24, 2.45) is 0 Å². The molecule has 2 heteroatoms. The number of anilines is 6. The maximum Gasteiger partial charge on any atom is 0.0714 e. The van der Waals surface area contributed by atoms with Gasteiger partial charge < -0.3 is 9.80 Å². The second-order valence-corrected chi connectivity index (χ2v) is 19.2. The molecule has 354 valence electrons. The van der Waals surface area contributed by atoms with E-state index in [0.29, 0.717) is 0 Å². The Bertz CT molecular complexity index is 3800. The first-order valence-corrected chi connectivity index (χ1v) is 25.8. The number of para-hydroxylation sites is 2. The Morgan fingerprint density at radius 3 is 1.09 bits per heavy atom. The van der Waals surface area contributed by atoms with Crippen molar-refractivity contribution >= 4 is 34.1 Å². The summed E-state index contributed by atoms with van der Waals surface area (Å²) in [7, 11) is 0. The van der Waals surface area contributed by atoms with Crippen LogP contribution in [0.15, 0.2) is 315 Å². The molecule has 12 aromatic rings. The molecule has 0 bridgehead atoms. The minimum atomic E-state index is -0.574. The molecule has 0 aliphatic heterocycles. The van der Waals surface area contributed by atoms with Gasteiger partial charge in [0.1, 0.15) is 0 Å². The average molecular weight is 957 g/mol. The van der Waals surface area contributed by atoms with Gasteiger partial charge in [-0.2, -0.15) is 0 Å². The van der Waals surface area contributed by atoms with E-state index in [9.17, 15) is 0 Å². The van der Waals surface area contributed by atoms with Crippen LogP contribution >= 0.6 is 0 Å². The third-order valence-electron chi connectivity index (χ3n) is 14.9. The summed E-state index contributed by atoms with van der Waals surface area (Å²) in [6.07, 6.45) is 0. The molecule has 1 aliphatic rings. The van der Waals surface area contributed by atoms with Gasteiger partial charge in [0.25, 0.3) is 0 Å². The van der Waals surface area contributed by atoms with E-state index in [-0.39, 0.29) is 0 Å². The minimum absolute atomic E-state index is 0.574. The van der Waals surface area contributed by atoms with Crippen LogP contribution in [0.25, 0.3) is 55.6 Å². The monoisotopic (exact) mass is 956 g/mol. The average Bonchev–Trinajstić information content (AvgIpc) is 3.83. The van der Waals surface area contributed by atoms with Crippen LogP contribution in [0.2, 0.25) is 0 Å². The zero-order valence-electron chi connectivity index (χ0n) is 41.4. The van der Waals surface area contributed by atoms with Crippen LogP contribution in [0, 0.1) is 0 Å². The summed E-state index contributed by atoms with van der Waals surface area (Å²) in [6.45, 7) is 0. The molecule has 0 atom stereocenters. The highest BCUT2D eigenvalue weighted by molar-refractivity contribution is 5.98. The maximum absolute atomic E-state index is 2.47. The van der Waals surface area contributed by atoms with Gasteiger partial charge in [-0.05, 0) is 145 Å². The summed E-state index contributed by atoms with van der Waals surface area (Å²) in [5.74, 6) is 0. The summed E-state index contributed by atoms with van der Waals surface area (Å²) in [6, 6.07) is 115. The predicted octanol–water partition coefficient (Wildman–Crippen LogP) is 19.7. The van der Waals surface area contributed by atoms with Crippen LogP contribution in [-0.4, -0.2) is 0 Å². The van der Waals surface area contributed by atoms with Crippen LogP contribution < -0.4 is 9.80 Å². The summed E-state index contributed by atoms with van der Waals surface area (Å²) in [4.78, 5) is 4.87. The third-order valence-corrected chi connectivity index (χ3v) is 14.9.